The van der Waals surface area contributed by atoms with Gasteiger partial charge >= 0.3 is 0 Å². The van der Waals surface area contributed by atoms with Crippen LogP contribution < -0.4 is 5.32 Å². The van der Waals surface area contributed by atoms with E-state index in [2.05, 4.69) is 5.32 Å². The Balaban J connectivity index is 2.01. The zero-order valence-electron chi connectivity index (χ0n) is 9.63. The van der Waals surface area contributed by atoms with E-state index in [1.165, 1.54) is 0 Å². The van der Waals surface area contributed by atoms with E-state index in [9.17, 15) is 4.39 Å². The second-order valence-corrected chi connectivity index (χ2v) is 4.40. The van der Waals surface area contributed by atoms with Gasteiger partial charge in [0.1, 0.15) is 5.82 Å². The second-order valence-electron chi connectivity index (χ2n) is 4.40. The van der Waals surface area contributed by atoms with E-state index in [1.54, 1.807) is 12.1 Å². The molecular weight excluding hydrogens is 205 g/mol. The molecule has 1 aromatic carbocycles. The van der Waals surface area contributed by atoms with E-state index >= 15 is 0 Å². The molecule has 0 bridgehead atoms. The summed E-state index contributed by atoms with van der Waals surface area (Å²) < 4.78 is 18.6. The number of ether oxygens (including phenoxy) is 1. The summed E-state index contributed by atoms with van der Waals surface area (Å²) in [5.41, 5.74) is 1.83. The summed E-state index contributed by atoms with van der Waals surface area (Å²) in [6.45, 7) is 3.55. The first-order valence-electron chi connectivity index (χ1n) is 5.85. The van der Waals surface area contributed by atoms with Crippen LogP contribution in [-0.2, 0) is 4.74 Å². The number of rotatable bonds is 2. The van der Waals surface area contributed by atoms with E-state index in [4.69, 9.17) is 4.74 Å². The zero-order chi connectivity index (χ0) is 11.4. The monoisotopic (exact) mass is 223 g/mol. The van der Waals surface area contributed by atoms with E-state index < -0.39 is 0 Å². The fourth-order valence-electron chi connectivity index (χ4n) is 2.10. The van der Waals surface area contributed by atoms with Crippen molar-refractivity contribution in [1.82, 2.24) is 0 Å². The Morgan fingerprint density at radius 2 is 2.12 bits per heavy atom. The lowest BCUT2D eigenvalue weighted by Crippen LogP contribution is -2.19. The van der Waals surface area contributed by atoms with Crippen LogP contribution in [0.15, 0.2) is 18.2 Å². The van der Waals surface area contributed by atoms with Gasteiger partial charge < -0.3 is 10.1 Å². The molecule has 1 fully saturated rings. The summed E-state index contributed by atoms with van der Waals surface area (Å²) >= 11 is 0. The molecule has 88 valence electrons. The molecule has 3 heteroatoms. The minimum atomic E-state index is -0.174. The van der Waals surface area contributed by atoms with Gasteiger partial charge in [0.2, 0.25) is 0 Å². The van der Waals surface area contributed by atoms with Crippen LogP contribution in [0.1, 0.15) is 24.8 Å². The zero-order valence-corrected chi connectivity index (χ0v) is 9.63. The molecule has 0 radical (unpaired) electrons. The molecule has 0 amide bonds. The molecular formula is C13H18FNO. The van der Waals surface area contributed by atoms with Crippen LogP contribution in [0, 0.1) is 12.7 Å². The van der Waals surface area contributed by atoms with Gasteiger partial charge in [-0.05, 0) is 49.9 Å². The summed E-state index contributed by atoms with van der Waals surface area (Å²) in [5.74, 6) is -0.174. The number of hydrogen-bond donors (Lipinski definition) is 1. The molecule has 1 aliphatic rings. The van der Waals surface area contributed by atoms with Crippen molar-refractivity contribution in [1.29, 1.82) is 0 Å². The predicted molar refractivity (Wildman–Crippen MR) is 63.2 cm³/mol. The van der Waals surface area contributed by atoms with Crippen LogP contribution >= 0.6 is 0 Å². The van der Waals surface area contributed by atoms with Crippen molar-refractivity contribution < 1.29 is 9.13 Å². The van der Waals surface area contributed by atoms with Gasteiger partial charge in [0.05, 0.1) is 0 Å². The maximum Gasteiger partial charge on any atom is 0.125 e. The minimum absolute atomic E-state index is 0.174. The van der Waals surface area contributed by atoms with Crippen LogP contribution in [0.4, 0.5) is 10.1 Å². The van der Waals surface area contributed by atoms with Crippen molar-refractivity contribution in [2.24, 2.45) is 0 Å². The third kappa shape index (κ3) is 3.20. The molecule has 1 heterocycles. The molecule has 0 aliphatic carbocycles. The SMILES string of the molecule is Cc1cc(F)cc(NC2CCCOCC2)c1. The van der Waals surface area contributed by atoms with Crippen molar-refractivity contribution >= 4 is 5.69 Å². The quantitative estimate of drug-likeness (QED) is 0.831. The number of benzene rings is 1. The smallest absolute Gasteiger partial charge is 0.125 e. The lowest BCUT2D eigenvalue weighted by Gasteiger charge is -2.17. The van der Waals surface area contributed by atoms with Gasteiger partial charge in [0.15, 0.2) is 0 Å². The maximum atomic E-state index is 13.2. The van der Waals surface area contributed by atoms with Crippen molar-refractivity contribution in [3.63, 3.8) is 0 Å². The van der Waals surface area contributed by atoms with E-state index in [1.807, 2.05) is 13.0 Å². The highest BCUT2D eigenvalue weighted by Gasteiger charge is 2.12. The molecule has 16 heavy (non-hydrogen) atoms. The van der Waals surface area contributed by atoms with Crippen LogP contribution in [0.3, 0.4) is 0 Å². The Bertz CT molecular complexity index is 326. The number of aryl methyl sites for hydroxylation is 1. The van der Waals surface area contributed by atoms with Crippen LogP contribution in [-0.4, -0.2) is 19.3 Å². The molecule has 2 rings (SSSR count). The third-order valence-corrected chi connectivity index (χ3v) is 2.86. The highest BCUT2D eigenvalue weighted by Crippen LogP contribution is 2.18. The first-order chi connectivity index (χ1) is 7.74. The average molecular weight is 223 g/mol. The summed E-state index contributed by atoms with van der Waals surface area (Å²) in [7, 11) is 0. The summed E-state index contributed by atoms with van der Waals surface area (Å²) in [6, 6.07) is 5.48. The van der Waals surface area contributed by atoms with Gasteiger partial charge in [-0.2, -0.15) is 0 Å². The van der Waals surface area contributed by atoms with Crippen LogP contribution in [0.2, 0.25) is 0 Å². The predicted octanol–water partition coefficient (Wildman–Crippen LogP) is 3.12. The van der Waals surface area contributed by atoms with Gasteiger partial charge in [-0.15, -0.1) is 0 Å². The summed E-state index contributed by atoms with van der Waals surface area (Å²) in [6.07, 6.45) is 3.16. The Morgan fingerprint density at radius 3 is 2.94 bits per heavy atom. The number of halogens is 1. The lowest BCUT2D eigenvalue weighted by atomic mass is 10.1. The summed E-state index contributed by atoms with van der Waals surface area (Å²) in [5, 5.41) is 3.38. The van der Waals surface area contributed by atoms with E-state index in [0.717, 1.165) is 43.7 Å². The highest BCUT2D eigenvalue weighted by molar-refractivity contribution is 5.46. The van der Waals surface area contributed by atoms with E-state index in [-0.39, 0.29) is 5.82 Å². The van der Waals surface area contributed by atoms with Gasteiger partial charge in [-0.1, -0.05) is 0 Å². The highest BCUT2D eigenvalue weighted by atomic mass is 19.1. The van der Waals surface area contributed by atoms with Crippen LogP contribution in [0.5, 0.6) is 0 Å². The van der Waals surface area contributed by atoms with Crippen molar-refractivity contribution in [3.05, 3.63) is 29.6 Å². The van der Waals surface area contributed by atoms with Crippen molar-refractivity contribution in [2.75, 3.05) is 18.5 Å². The second kappa shape index (κ2) is 5.30. The molecule has 1 aliphatic heterocycles. The number of nitrogens with one attached hydrogen (secondary N) is 1. The Morgan fingerprint density at radius 1 is 1.25 bits per heavy atom. The van der Waals surface area contributed by atoms with Crippen molar-refractivity contribution in [3.8, 4) is 0 Å². The third-order valence-electron chi connectivity index (χ3n) is 2.86. The van der Waals surface area contributed by atoms with Gasteiger partial charge in [-0.3, -0.25) is 0 Å². The lowest BCUT2D eigenvalue weighted by molar-refractivity contribution is 0.144. The Labute approximate surface area is 95.8 Å². The number of anilines is 1. The average Bonchev–Trinajstić information content (AvgIpc) is 2.44. The fraction of sp³-hybridized carbons (Fsp3) is 0.538. The van der Waals surface area contributed by atoms with Crippen molar-refractivity contribution in [2.45, 2.75) is 32.2 Å². The fourth-order valence-corrected chi connectivity index (χ4v) is 2.10. The molecule has 1 N–H and O–H groups in total. The normalized spacial score (nSPS) is 21.5. The standard InChI is InChI=1S/C13H18FNO/c1-10-7-11(14)9-13(8-10)15-12-3-2-5-16-6-4-12/h7-9,12,15H,2-6H2,1H3. The molecule has 0 saturated carbocycles. The Kier molecular flexibility index (Phi) is 3.78. The first kappa shape index (κ1) is 11.4. The molecule has 0 aromatic heterocycles. The molecule has 1 aromatic rings. The van der Waals surface area contributed by atoms with Gasteiger partial charge in [0, 0.05) is 24.9 Å². The molecule has 0 spiro atoms. The van der Waals surface area contributed by atoms with Gasteiger partial charge in [0.25, 0.3) is 0 Å². The number of hydrogen-bond acceptors (Lipinski definition) is 2. The maximum absolute atomic E-state index is 13.2. The molecule has 1 atom stereocenters. The summed E-state index contributed by atoms with van der Waals surface area (Å²) in [4.78, 5) is 0. The topological polar surface area (TPSA) is 21.3 Å². The molecule has 1 saturated heterocycles. The largest absolute Gasteiger partial charge is 0.382 e. The first-order valence-corrected chi connectivity index (χ1v) is 5.85. The van der Waals surface area contributed by atoms with Crippen LogP contribution in [0.25, 0.3) is 0 Å². The molecule has 2 nitrogen and oxygen atoms in total. The minimum Gasteiger partial charge on any atom is -0.382 e. The van der Waals surface area contributed by atoms with Gasteiger partial charge in [-0.25, -0.2) is 4.39 Å². The van der Waals surface area contributed by atoms with E-state index in [0.29, 0.717) is 6.04 Å². The molecule has 1 unspecified atom stereocenters. The Hall–Kier alpha value is -1.09.